The summed E-state index contributed by atoms with van der Waals surface area (Å²) in [5.41, 5.74) is 0.404. The molecular weight excluding hydrogens is 396 g/mol. The van der Waals surface area contributed by atoms with E-state index in [0.717, 1.165) is 19.1 Å². The molecule has 1 atom stereocenters. The maximum atomic E-state index is 11.8. The highest BCUT2D eigenvalue weighted by Gasteiger charge is 2.30. The minimum absolute atomic E-state index is 0.0535. The zero-order valence-electron chi connectivity index (χ0n) is 17.3. The Balaban J connectivity index is 1.83. The molecule has 1 fully saturated rings. The highest BCUT2D eigenvalue weighted by atomic mass is 16.2. The molecule has 1 saturated carbocycles. The molecule has 1 amide bonds. The number of carbonyl (C=O) groups is 2. The van der Waals surface area contributed by atoms with Crippen molar-refractivity contribution >= 4 is 23.7 Å². The molecule has 0 saturated heterocycles. The summed E-state index contributed by atoms with van der Waals surface area (Å²) in [4.78, 5) is 38.1. The second kappa shape index (κ2) is 9.28. The van der Waals surface area contributed by atoms with Crippen molar-refractivity contribution < 1.29 is 9.59 Å². The minimum atomic E-state index is -1.15. The monoisotopic (exact) mass is 418 g/mol. The minimum Gasteiger partial charge on any atom is -0.359 e. The van der Waals surface area contributed by atoms with E-state index in [4.69, 9.17) is 5.26 Å². The quantitative estimate of drug-likeness (QED) is 0.460. The van der Waals surface area contributed by atoms with Crippen molar-refractivity contribution in [2.75, 3.05) is 24.2 Å². The normalized spacial score (nSPS) is 14.7. The number of aromatic nitrogens is 3. The predicted octanol–water partition coefficient (Wildman–Crippen LogP) is 1.93. The van der Waals surface area contributed by atoms with Gasteiger partial charge in [0.1, 0.15) is 11.7 Å². The van der Waals surface area contributed by atoms with Gasteiger partial charge in [-0.2, -0.15) is 10.5 Å². The lowest BCUT2D eigenvalue weighted by Crippen LogP contribution is -2.52. The maximum absolute atomic E-state index is 11.8. The summed E-state index contributed by atoms with van der Waals surface area (Å²) >= 11 is 0. The number of anilines is 2. The molecule has 0 unspecified atom stereocenters. The smallest absolute Gasteiger partial charge is 0.228 e. The summed E-state index contributed by atoms with van der Waals surface area (Å²) in [7, 11) is 1.71. The Hall–Kier alpha value is -3.89. The molecule has 158 valence electrons. The predicted molar refractivity (Wildman–Crippen MR) is 112 cm³/mol. The molecule has 2 heterocycles. The lowest BCUT2D eigenvalue weighted by Gasteiger charge is -2.35. The van der Waals surface area contributed by atoms with Gasteiger partial charge in [-0.05, 0) is 32.9 Å². The number of amides is 1. The lowest BCUT2D eigenvalue weighted by molar-refractivity contribution is -0.117. The van der Waals surface area contributed by atoms with Crippen LogP contribution in [0.25, 0.3) is 11.3 Å². The average molecular weight is 418 g/mol. The van der Waals surface area contributed by atoms with E-state index in [1.54, 1.807) is 24.9 Å². The third-order valence-electron chi connectivity index (χ3n) is 5.11. The summed E-state index contributed by atoms with van der Waals surface area (Å²) < 4.78 is 0. The number of nitriles is 2. The van der Waals surface area contributed by atoms with Gasteiger partial charge in [-0.3, -0.25) is 19.5 Å². The number of carbonyl (C=O) groups excluding carboxylic acids is 2. The number of rotatable bonds is 9. The second-order valence-corrected chi connectivity index (χ2v) is 7.50. The third-order valence-corrected chi connectivity index (χ3v) is 5.11. The highest BCUT2D eigenvalue weighted by molar-refractivity contribution is 5.93. The summed E-state index contributed by atoms with van der Waals surface area (Å²) in [5.74, 6) is 0.381. The van der Waals surface area contributed by atoms with E-state index < -0.39 is 5.66 Å². The van der Waals surface area contributed by atoms with E-state index in [9.17, 15) is 14.9 Å². The van der Waals surface area contributed by atoms with E-state index in [1.165, 1.54) is 18.6 Å². The second-order valence-electron chi connectivity index (χ2n) is 7.50. The molecule has 2 aromatic heterocycles. The van der Waals surface area contributed by atoms with Crippen LogP contribution in [-0.4, -0.2) is 51.3 Å². The van der Waals surface area contributed by atoms with Gasteiger partial charge < -0.3 is 10.6 Å². The van der Waals surface area contributed by atoms with Crippen LogP contribution >= 0.6 is 0 Å². The first-order valence-electron chi connectivity index (χ1n) is 9.76. The molecule has 3 rings (SSSR count). The Morgan fingerprint density at radius 3 is 2.65 bits per heavy atom. The number of hydrogen-bond acceptors (Lipinski definition) is 9. The van der Waals surface area contributed by atoms with Gasteiger partial charge in [0.05, 0.1) is 29.8 Å². The van der Waals surface area contributed by atoms with Crippen molar-refractivity contribution in [2.24, 2.45) is 5.92 Å². The zero-order valence-corrected chi connectivity index (χ0v) is 17.3. The largest absolute Gasteiger partial charge is 0.359 e. The topological polar surface area (TPSA) is 148 Å². The molecule has 0 spiro atoms. The van der Waals surface area contributed by atoms with Gasteiger partial charge in [0, 0.05) is 30.6 Å². The molecule has 1 aliphatic carbocycles. The first-order valence-corrected chi connectivity index (χ1v) is 9.76. The van der Waals surface area contributed by atoms with Gasteiger partial charge in [-0.1, -0.05) is 0 Å². The van der Waals surface area contributed by atoms with Crippen LogP contribution in [0.5, 0.6) is 0 Å². The number of likely N-dealkylation sites (N-methyl/N-ethyl adjacent to an activating group) is 1. The van der Waals surface area contributed by atoms with Gasteiger partial charge >= 0.3 is 0 Å². The Morgan fingerprint density at radius 1 is 1.29 bits per heavy atom. The van der Waals surface area contributed by atoms with E-state index in [0.29, 0.717) is 29.3 Å². The zero-order chi connectivity index (χ0) is 22.4. The number of aldehydes is 1. The van der Waals surface area contributed by atoms with Crippen LogP contribution in [0.1, 0.15) is 31.9 Å². The average Bonchev–Trinajstić information content (AvgIpc) is 3.63. The van der Waals surface area contributed by atoms with E-state index in [2.05, 4.69) is 25.6 Å². The summed E-state index contributed by atoms with van der Waals surface area (Å²) in [6.07, 6.45) is 7.23. The fourth-order valence-electron chi connectivity index (χ4n) is 2.84. The standard InChI is InChI=1S/C21H22N8O2/c1-21(13-30,29(2)7-3-6-22)28-16-8-15(10-24-17(16)9-23)18-11-26-19(12-25-18)27-20(31)14-4-5-14/h8,10-14,28H,3-5,7H2,1-2H3,(H,26,27,31)/t21-/m0/s1. The van der Waals surface area contributed by atoms with Crippen LogP contribution in [-0.2, 0) is 9.59 Å². The van der Waals surface area contributed by atoms with Crippen LogP contribution in [0.4, 0.5) is 11.5 Å². The Kier molecular flexibility index (Phi) is 6.53. The van der Waals surface area contributed by atoms with Crippen molar-refractivity contribution in [1.29, 1.82) is 10.5 Å². The molecule has 0 aliphatic heterocycles. The molecule has 0 radical (unpaired) electrons. The van der Waals surface area contributed by atoms with Gasteiger partial charge in [0.25, 0.3) is 0 Å². The first kappa shape index (κ1) is 21.8. The summed E-state index contributed by atoms with van der Waals surface area (Å²) in [6.45, 7) is 2.02. The van der Waals surface area contributed by atoms with Crippen molar-refractivity contribution in [3.05, 3.63) is 30.4 Å². The van der Waals surface area contributed by atoms with Crippen LogP contribution < -0.4 is 10.6 Å². The third kappa shape index (κ3) is 5.18. The molecule has 0 aromatic carbocycles. The SMILES string of the molecule is CN(CCC#N)[C@@](C)(C=O)Nc1cc(-c2cnc(NC(=O)C3CC3)cn2)cnc1C#N. The summed E-state index contributed by atoms with van der Waals surface area (Å²) in [6, 6.07) is 5.72. The van der Waals surface area contributed by atoms with Gasteiger partial charge in [-0.25, -0.2) is 9.97 Å². The molecule has 2 aromatic rings. The van der Waals surface area contributed by atoms with Crippen molar-refractivity contribution in [3.8, 4) is 23.4 Å². The van der Waals surface area contributed by atoms with Gasteiger partial charge in [-0.15, -0.1) is 0 Å². The molecule has 10 nitrogen and oxygen atoms in total. The first-order chi connectivity index (χ1) is 14.9. The van der Waals surface area contributed by atoms with E-state index in [-0.39, 0.29) is 23.9 Å². The number of nitrogens with zero attached hydrogens (tertiary/aromatic N) is 6. The molecule has 10 heteroatoms. The van der Waals surface area contributed by atoms with Crippen LogP contribution in [0.15, 0.2) is 24.7 Å². The number of pyridine rings is 1. The lowest BCUT2D eigenvalue weighted by atomic mass is 10.1. The number of hydrogen-bond donors (Lipinski definition) is 2. The molecule has 0 bridgehead atoms. The van der Waals surface area contributed by atoms with E-state index >= 15 is 0 Å². The molecule has 1 aliphatic rings. The van der Waals surface area contributed by atoms with E-state index in [1.807, 2.05) is 12.1 Å². The van der Waals surface area contributed by atoms with Gasteiger partial charge in [0.15, 0.2) is 17.8 Å². The highest BCUT2D eigenvalue weighted by Crippen LogP contribution is 2.30. The Bertz CT molecular complexity index is 1050. The Labute approximate surface area is 179 Å². The molecule has 2 N–H and O–H groups in total. The van der Waals surface area contributed by atoms with Gasteiger partial charge in [0.2, 0.25) is 5.91 Å². The maximum Gasteiger partial charge on any atom is 0.228 e. The number of nitrogens with one attached hydrogen (secondary N) is 2. The van der Waals surface area contributed by atoms with Crippen molar-refractivity contribution in [2.45, 2.75) is 31.8 Å². The van der Waals surface area contributed by atoms with Crippen molar-refractivity contribution in [3.63, 3.8) is 0 Å². The Morgan fingerprint density at radius 2 is 2.06 bits per heavy atom. The molecule has 31 heavy (non-hydrogen) atoms. The molecular formula is C21H22N8O2. The van der Waals surface area contributed by atoms with Crippen LogP contribution in [0.2, 0.25) is 0 Å². The fourth-order valence-corrected chi connectivity index (χ4v) is 2.84. The fraction of sp³-hybridized carbons (Fsp3) is 0.381. The van der Waals surface area contributed by atoms with Crippen molar-refractivity contribution in [1.82, 2.24) is 19.9 Å². The summed E-state index contributed by atoms with van der Waals surface area (Å²) in [5, 5.41) is 24.0. The van der Waals surface area contributed by atoms with Crippen LogP contribution in [0.3, 0.4) is 0 Å². The van der Waals surface area contributed by atoms with Crippen LogP contribution in [0, 0.1) is 28.6 Å².